The van der Waals surface area contributed by atoms with Crippen LogP contribution < -0.4 is 0 Å². The SMILES string of the molecule is CCOC(=O)c1cc(N=[N+]=[N-])ccc1F. The van der Waals surface area contributed by atoms with Gasteiger partial charge in [-0.25, -0.2) is 9.18 Å². The summed E-state index contributed by atoms with van der Waals surface area (Å²) >= 11 is 0. The van der Waals surface area contributed by atoms with Crippen molar-refractivity contribution in [2.45, 2.75) is 6.92 Å². The third kappa shape index (κ3) is 2.69. The first kappa shape index (κ1) is 11.0. The van der Waals surface area contributed by atoms with Gasteiger partial charge in [0.1, 0.15) is 5.82 Å². The van der Waals surface area contributed by atoms with Gasteiger partial charge in [-0.2, -0.15) is 0 Å². The van der Waals surface area contributed by atoms with Crippen LogP contribution in [0.5, 0.6) is 0 Å². The summed E-state index contributed by atoms with van der Waals surface area (Å²) in [6.07, 6.45) is 0. The number of benzene rings is 1. The van der Waals surface area contributed by atoms with Crippen LogP contribution >= 0.6 is 0 Å². The van der Waals surface area contributed by atoms with Crippen molar-refractivity contribution >= 4 is 11.7 Å². The normalized spacial score (nSPS) is 9.20. The van der Waals surface area contributed by atoms with Crippen LogP contribution in [0.4, 0.5) is 10.1 Å². The zero-order chi connectivity index (χ0) is 11.3. The van der Waals surface area contributed by atoms with E-state index in [9.17, 15) is 9.18 Å². The van der Waals surface area contributed by atoms with Crippen LogP contribution in [-0.4, -0.2) is 12.6 Å². The molecule has 5 nitrogen and oxygen atoms in total. The second-order valence-electron chi connectivity index (χ2n) is 2.57. The van der Waals surface area contributed by atoms with Gasteiger partial charge in [0.2, 0.25) is 0 Å². The lowest BCUT2D eigenvalue weighted by Crippen LogP contribution is -2.06. The molecule has 0 aliphatic rings. The molecule has 6 heteroatoms. The fourth-order valence-electron chi connectivity index (χ4n) is 0.992. The third-order valence-corrected chi connectivity index (χ3v) is 1.61. The Morgan fingerprint density at radius 3 is 3.00 bits per heavy atom. The van der Waals surface area contributed by atoms with Gasteiger partial charge in [0.25, 0.3) is 0 Å². The summed E-state index contributed by atoms with van der Waals surface area (Å²) in [6, 6.07) is 3.47. The number of azide groups is 1. The first-order valence-electron chi connectivity index (χ1n) is 4.20. The maximum absolute atomic E-state index is 13.1. The van der Waals surface area contributed by atoms with Crippen LogP contribution in [0.1, 0.15) is 17.3 Å². The summed E-state index contributed by atoms with van der Waals surface area (Å²) in [5, 5.41) is 3.26. The van der Waals surface area contributed by atoms with Crippen molar-refractivity contribution in [2.75, 3.05) is 6.61 Å². The van der Waals surface area contributed by atoms with Crippen LogP contribution in [0.3, 0.4) is 0 Å². The molecule has 0 amide bonds. The van der Waals surface area contributed by atoms with Crippen molar-refractivity contribution in [1.29, 1.82) is 0 Å². The molecule has 0 aromatic heterocycles. The minimum Gasteiger partial charge on any atom is -0.462 e. The Morgan fingerprint density at radius 1 is 1.67 bits per heavy atom. The predicted octanol–water partition coefficient (Wildman–Crippen LogP) is 2.94. The average molecular weight is 209 g/mol. The molecule has 0 saturated carbocycles. The average Bonchev–Trinajstić information content (AvgIpc) is 2.21. The summed E-state index contributed by atoms with van der Waals surface area (Å²) in [6.45, 7) is 1.77. The van der Waals surface area contributed by atoms with Gasteiger partial charge >= 0.3 is 5.97 Å². The Labute approximate surface area is 85.1 Å². The van der Waals surface area contributed by atoms with Crippen LogP contribution in [0.25, 0.3) is 10.4 Å². The highest BCUT2D eigenvalue weighted by Crippen LogP contribution is 2.18. The molecule has 0 radical (unpaired) electrons. The molecule has 0 bridgehead atoms. The summed E-state index contributed by atoms with van der Waals surface area (Å²) in [4.78, 5) is 13.8. The molecule has 0 N–H and O–H groups in total. The number of carbonyl (C=O) groups is 1. The quantitative estimate of drug-likeness (QED) is 0.332. The number of esters is 1. The highest BCUT2D eigenvalue weighted by molar-refractivity contribution is 5.90. The van der Waals surface area contributed by atoms with E-state index in [4.69, 9.17) is 5.53 Å². The van der Waals surface area contributed by atoms with Gasteiger partial charge in [0, 0.05) is 10.6 Å². The molecular weight excluding hydrogens is 201 g/mol. The minimum atomic E-state index is -0.773. The highest BCUT2D eigenvalue weighted by atomic mass is 19.1. The molecule has 0 spiro atoms. The zero-order valence-electron chi connectivity index (χ0n) is 7.98. The second kappa shape index (κ2) is 4.97. The number of hydrogen-bond donors (Lipinski definition) is 0. The van der Waals surface area contributed by atoms with E-state index in [0.29, 0.717) is 0 Å². The Balaban J connectivity index is 3.10. The molecule has 0 fully saturated rings. The monoisotopic (exact) mass is 209 g/mol. The number of rotatable bonds is 3. The summed E-state index contributed by atoms with van der Waals surface area (Å²) in [5.41, 5.74) is 8.10. The van der Waals surface area contributed by atoms with Crippen molar-refractivity contribution in [3.05, 3.63) is 40.0 Å². The van der Waals surface area contributed by atoms with E-state index in [1.165, 1.54) is 6.07 Å². The van der Waals surface area contributed by atoms with Gasteiger partial charge in [-0.3, -0.25) is 0 Å². The summed E-state index contributed by atoms with van der Waals surface area (Å²) < 4.78 is 17.8. The van der Waals surface area contributed by atoms with Gasteiger partial charge in [0.15, 0.2) is 0 Å². The number of halogens is 1. The van der Waals surface area contributed by atoms with Crippen molar-refractivity contribution in [3.8, 4) is 0 Å². The van der Waals surface area contributed by atoms with Crippen molar-refractivity contribution in [2.24, 2.45) is 5.11 Å². The molecular formula is C9H8FN3O2. The van der Waals surface area contributed by atoms with Crippen LogP contribution in [0.15, 0.2) is 23.3 Å². The van der Waals surface area contributed by atoms with Gasteiger partial charge in [0.05, 0.1) is 12.2 Å². The molecule has 0 saturated heterocycles. The van der Waals surface area contributed by atoms with E-state index in [0.717, 1.165) is 12.1 Å². The van der Waals surface area contributed by atoms with Gasteiger partial charge in [-0.1, -0.05) is 5.11 Å². The number of carbonyl (C=O) groups excluding carboxylic acids is 1. The maximum Gasteiger partial charge on any atom is 0.341 e. The number of nitrogens with zero attached hydrogens (tertiary/aromatic N) is 3. The third-order valence-electron chi connectivity index (χ3n) is 1.61. The maximum atomic E-state index is 13.1. The molecule has 78 valence electrons. The largest absolute Gasteiger partial charge is 0.462 e. The Bertz CT molecular complexity index is 427. The number of ether oxygens (including phenoxy) is 1. The minimum absolute atomic E-state index is 0.157. The lowest BCUT2D eigenvalue weighted by molar-refractivity contribution is 0.0521. The smallest absolute Gasteiger partial charge is 0.341 e. The van der Waals surface area contributed by atoms with E-state index in [1.54, 1.807) is 6.92 Å². The van der Waals surface area contributed by atoms with E-state index in [-0.39, 0.29) is 17.9 Å². The molecule has 1 rings (SSSR count). The lowest BCUT2D eigenvalue weighted by atomic mass is 10.2. The molecule has 0 atom stereocenters. The fourth-order valence-corrected chi connectivity index (χ4v) is 0.992. The zero-order valence-corrected chi connectivity index (χ0v) is 7.98. The van der Waals surface area contributed by atoms with Crippen LogP contribution in [0, 0.1) is 5.82 Å². The lowest BCUT2D eigenvalue weighted by Gasteiger charge is -2.03. The molecule has 0 unspecified atom stereocenters. The Hall–Kier alpha value is -2.07. The topological polar surface area (TPSA) is 75.1 Å². The van der Waals surface area contributed by atoms with Crippen molar-refractivity contribution in [3.63, 3.8) is 0 Å². The molecule has 1 aromatic rings. The van der Waals surface area contributed by atoms with Crippen molar-refractivity contribution in [1.82, 2.24) is 0 Å². The van der Waals surface area contributed by atoms with Crippen LogP contribution in [-0.2, 0) is 4.74 Å². The molecule has 0 heterocycles. The standard InChI is InChI=1S/C9H8FN3O2/c1-2-15-9(14)7-5-6(12-13-11)3-4-8(7)10/h3-5H,2H2,1H3. The first-order valence-corrected chi connectivity index (χ1v) is 4.20. The fraction of sp³-hybridized carbons (Fsp3) is 0.222. The van der Waals surface area contributed by atoms with Gasteiger partial charge in [-0.05, 0) is 30.7 Å². The molecule has 0 aliphatic heterocycles. The number of hydrogen-bond acceptors (Lipinski definition) is 3. The predicted molar refractivity (Wildman–Crippen MR) is 51.2 cm³/mol. The summed E-state index contributed by atoms with van der Waals surface area (Å²) in [5.74, 6) is -1.48. The first-order chi connectivity index (χ1) is 7.19. The Morgan fingerprint density at radius 2 is 2.40 bits per heavy atom. The molecule has 15 heavy (non-hydrogen) atoms. The van der Waals surface area contributed by atoms with E-state index >= 15 is 0 Å². The van der Waals surface area contributed by atoms with E-state index in [1.807, 2.05) is 0 Å². The Kier molecular flexibility index (Phi) is 3.65. The van der Waals surface area contributed by atoms with E-state index in [2.05, 4.69) is 14.8 Å². The van der Waals surface area contributed by atoms with Gasteiger partial charge < -0.3 is 4.74 Å². The highest BCUT2D eigenvalue weighted by Gasteiger charge is 2.12. The van der Waals surface area contributed by atoms with Gasteiger partial charge in [-0.15, -0.1) is 0 Å². The van der Waals surface area contributed by atoms with Crippen molar-refractivity contribution < 1.29 is 13.9 Å². The summed E-state index contributed by atoms with van der Waals surface area (Å²) in [7, 11) is 0. The van der Waals surface area contributed by atoms with Crippen LogP contribution in [0.2, 0.25) is 0 Å². The van der Waals surface area contributed by atoms with E-state index < -0.39 is 11.8 Å². The molecule has 0 aliphatic carbocycles. The molecule has 1 aromatic carbocycles. The second-order valence-corrected chi connectivity index (χ2v) is 2.57.